The number of ether oxygens (including phenoxy) is 2. The van der Waals surface area contributed by atoms with Gasteiger partial charge in [0.1, 0.15) is 11.7 Å². The Morgan fingerprint density at radius 1 is 0.754 bits per heavy atom. The molecule has 1 aliphatic carbocycles. The lowest BCUT2D eigenvalue weighted by Crippen LogP contribution is -2.38. The maximum absolute atomic E-state index is 13.7. The van der Waals surface area contributed by atoms with Crippen LogP contribution >= 0.6 is 0 Å². The standard InChI is InChI=1S/C55H82N4O6/c1-13-39-34(7)41-29-46-48(38(11)60)36(9)43(57-46)27-42-35(8)40(52(58-42)50-51(55(63)64-12)54(62)49-37(10)44(59-53(49)50)28-45(39)56-41)23-24-47(61)65-26-25-33(6)22-16-21-32(5)20-15-19-31(4)18-14-17-30(2)3/h27-35,39-40,51-52,56-59,62H,13-26H2,1-12H3/b41-29+,42-27-,45-28-/t31-,32-,33?,34+,35-,39+,40-,51+,52?/m0/s1. The average molecular weight is 895 g/mol. The number of hydrogen-bond donors (Lipinski definition) is 5. The zero-order valence-electron chi connectivity index (χ0n) is 41.9. The van der Waals surface area contributed by atoms with E-state index in [0.717, 1.165) is 82.3 Å². The van der Waals surface area contributed by atoms with Gasteiger partial charge in [0, 0.05) is 63.4 Å². The highest BCUT2D eigenvalue weighted by atomic mass is 16.5. The van der Waals surface area contributed by atoms with Crippen molar-refractivity contribution in [3.63, 3.8) is 0 Å². The summed E-state index contributed by atoms with van der Waals surface area (Å²) < 4.78 is 11.3. The second-order valence-electron chi connectivity index (χ2n) is 21.1. The van der Waals surface area contributed by atoms with Crippen LogP contribution in [-0.4, -0.2) is 52.6 Å². The number of hydrogen-bond acceptors (Lipinski definition) is 8. The van der Waals surface area contributed by atoms with Crippen molar-refractivity contribution in [3.8, 4) is 0 Å². The van der Waals surface area contributed by atoms with Crippen LogP contribution in [0.25, 0.3) is 29.6 Å². The number of esters is 2. The van der Waals surface area contributed by atoms with E-state index in [2.05, 4.69) is 94.2 Å². The molecule has 10 nitrogen and oxygen atoms in total. The predicted octanol–water partition coefficient (Wildman–Crippen LogP) is 10.8. The van der Waals surface area contributed by atoms with E-state index in [1.54, 1.807) is 6.92 Å². The molecule has 0 radical (unpaired) electrons. The first kappa shape index (κ1) is 50.0. The van der Waals surface area contributed by atoms with Crippen molar-refractivity contribution in [2.75, 3.05) is 13.7 Å². The third kappa shape index (κ3) is 11.2. The van der Waals surface area contributed by atoms with Gasteiger partial charge in [-0.1, -0.05) is 113 Å². The van der Waals surface area contributed by atoms with Crippen LogP contribution in [0.3, 0.4) is 0 Å². The average Bonchev–Trinajstić information content (AvgIpc) is 4.00. The van der Waals surface area contributed by atoms with Gasteiger partial charge in [0.05, 0.1) is 30.8 Å². The number of aliphatic hydroxyl groups is 1. The summed E-state index contributed by atoms with van der Waals surface area (Å²) in [4.78, 5) is 47.7. The van der Waals surface area contributed by atoms with Gasteiger partial charge in [-0.3, -0.25) is 14.4 Å². The molecule has 0 saturated carbocycles. The maximum Gasteiger partial charge on any atom is 0.320 e. The second-order valence-corrected chi connectivity index (χ2v) is 21.1. The first-order valence-corrected chi connectivity index (χ1v) is 25.3. The number of allylic oxidation sites excluding steroid dienone is 3. The molecule has 9 atom stereocenters. The Balaban J connectivity index is 1.18. The van der Waals surface area contributed by atoms with Gasteiger partial charge in [0.2, 0.25) is 0 Å². The normalized spacial score (nSPS) is 26.1. The fourth-order valence-corrected chi connectivity index (χ4v) is 11.5. The smallest absolute Gasteiger partial charge is 0.320 e. The quantitative estimate of drug-likeness (QED) is 0.0615. The highest BCUT2D eigenvalue weighted by molar-refractivity contribution is 6.00. The van der Waals surface area contributed by atoms with Crippen molar-refractivity contribution in [3.05, 3.63) is 61.4 Å². The molecule has 8 bridgehead atoms. The molecule has 3 aliphatic heterocycles. The van der Waals surface area contributed by atoms with E-state index in [9.17, 15) is 19.5 Å². The Morgan fingerprint density at radius 2 is 1.34 bits per heavy atom. The number of rotatable bonds is 21. The van der Waals surface area contributed by atoms with Crippen molar-refractivity contribution in [2.45, 2.75) is 166 Å². The molecule has 5 N–H and O–H groups in total. The van der Waals surface area contributed by atoms with E-state index in [4.69, 9.17) is 9.47 Å². The number of Topliss-reactive ketones (excluding diaryl/α,β-unsaturated/α-hetero) is 1. The summed E-state index contributed by atoms with van der Waals surface area (Å²) in [7, 11) is 1.35. The van der Waals surface area contributed by atoms with Crippen LogP contribution in [0.5, 0.6) is 0 Å². The van der Waals surface area contributed by atoms with Crippen molar-refractivity contribution in [1.82, 2.24) is 20.6 Å². The Morgan fingerprint density at radius 3 is 1.94 bits per heavy atom. The Labute approximate surface area is 389 Å². The lowest BCUT2D eigenvalue weighted by molar-refractivity contribution is -0.144. The second kappa shape index (κ2) is 21.9. The molecule has 358 valence electrons. The van der Waals surface area contributed by atoms with Crippen LogP contribution in [0.4, 0.5) is 0 Å². The monoisotopic (exact) mass is 895 g/mol. The zero-order valence-corrected chi connectivity index (χ0v) is 41.9. The number of aliphatic hydroxyl groups excluding tert-OH is 1. The van der Waals surface area contributed by atoms with E-state index in [1.807, 2.05) is 13.8 Å². The summed E-state index contributed by atoms with van der Waals surface area (Å²) in [6.07, 6.45) is 20.4. The molecular weight excluding hydrogens is 813 g/mol. The van der Waals surface area contributed by atoms with Gasteiger partial charge in [-0.2, -0.15) is 0 Å². The van der Waals surface area contributed by atoms with Gasteiger partial charge in [-0.25, -0.2) is 0 Å². The van der Waals surface area contributed by atoms with Crippen LogP contribution in [0.1, 0.15) is 184 Å². The van der Waals surface area contributed by atoms with Gasteiger partial charge >= 0.3 is 11.9 Å². The third-order valence-corrected chi connectivity index (χ3v) is 15.7. The zero-order chi connectivity index (χ0) is 47.3. The molecule has 2 aromatic heterocycles. The van der Waals surface area contributed by atoms with Gasteiger partial charge in [0.15, 0.2) is 5.78 Å². The highest BCUT2D eigenvalue weighted by Gasteiger charge is 2.47. The molecule has 5 heterocycles. The highest BCUT2D eigenvalue weighted by Crippen LogP contribution is 2.43. The minimum atomic E-state index is -1.01. The topological polar surface area (TPSA) is 146 Å². The SMILES string of the molecule is CC[C@H]1/C2=C/c3[nH]c4c(c3C)=C(O)[C@H](C(=O)OC)C=4C3N/C(=C\c4[nH]c(c(C(C)=O)c4C)/C=C(/N2)[C@@H]1C)[C@@H](C)[C@@H]3CCC(=O)OCCC(C)CCC[C@@H](C)CCC[C@@H](C)CCCC(C)C. The number of carbonyl (C=O) groups is 3. The van der Waals surface area contributed by atoms with Crippen LogP contribution in [0.15, 0.2) is 17.1 Å². The number of carbonyl (C=O) groups excluding carboxylic acids is 3. The van der Waals surface area contributed by atoms with Crippen LogP contribution in [-0.2, 0) is 19.1 Å². The van der Waals surface area contributed by atoms with Crippen LogP contribution in [0, 0.1) is 67.1 Å². The minimum absolute atomic E-state index is 0.0129. The summed E-state index contributed by atoms with van der Waals surface area (Å²) >= 11 is 0. The van der Waals surface area contributed by atoms with Gasteiger partial charge < -0.3 is 35.2 Å². The molecule has 0 spiro atoms. The maximum atomic E-state index is 13.7. The van der Waals surface area contributed by atoms with E-state index in [1.165, 1.54) is 58.5 Å². The first-order valence-electron chi connectivity index (χ1n) is 25.3. The third-order valence-electron chi connectivity index (χ3n) is 15.7. The number of aromatic nitrogens is 2. The Hall–Kier alpha value is -4.47. The summed E-state index contributed by atoms with van der Waals surface area (Å²) in [6, 6.07) is -0.426. The number of aromatic amines is 2. The van der Waals surface area contributed by atoms with Gasteiger partial charge in [-0.15, -0.1) is 0 Å². The minimum Gasteiger partial charge on any atom is -0.510 e. The molecule has 6 rings (SSSR count). The molecule has 4 aliphatic rings. The molecule has 0 aromatic carbocycles. The summed E-state index contributed by atoms with van der Waals surface area (Å²) in [5.41, 5.74) is 8.52. The van der Waals surface area contributed by atoms with Crippen molar-refractivity contribution in [1.29, 1.82) is 0 Å². The lowest BCUT2D eigenvalue weighted by Gasteiger charge is -2.26. The largest absolute Gasteiger partial charge is 0.510 e. The fraction of sp³-hybridized carbons (Fsp3) is 0.655. The molecular formula is C55H82N4O6. The van der Waals surface area contributed by atoms with Gasteiger partial charge in [-0.05, 0) is 105 Å². The summed E-state index contributed by atoms with van der Waals surface area (Å²) in [5.74, 6) is 1.20. The number of H-pyrrole nitrogens is 2. The molecule has 2 fully saturated rings. The number of methoxy groups -OCH3 is 1. The Kier molecular flexibility index (Phi) is 16.8. The fourth-order valence-electron chi connectivity index (χ4n) is 11.5. The number of nitrogens with one attached hydrogen (secondary N) is 4. The summed E-state index contributed by atoms with van der Waals surface area (Å²) in [5, 5.41) is 20.8. The van der Waals surface area contributed by atoms with Crippen molar-refractivity contribution in [2.24, 2.45) is 53.3 Å². The van der Waals surface area contributed by atoms with Gasteiger partial charge in [0.25, 0.3) is 0 Å². The summed E-state index contributed by atoms with van der Waals surface area (Å²) in [6.45, 7) is 24.2. The predicted molar refractivity (Wildman–Crippen MR) is 264 cm³/mol. The number of fused-ring (bicyclic) bond motifs is 8. The van der Waals surface area contributed by atoms with Crippen LogP contribution < -0.4 is 21.2 Å². The molecule has 65 heavy (non-hydrogen) atoms. The number of ketones is 1. The van der Waals surface area contributed by atoms with E-state index < -0.39 is 17.9 Å². The van der Waals surface area contributed by atoms with E-state index in [0.29, 0.717) is 40.6 Å². The van der Waals surface area contributed by atoms with Crippen molar-refractivity contribution < 1.29 is 29.0 Å². The Bertz CT molecular complexity index is 2270. The van der Waals surface area contributed by atoms with E-state index in [-0.39, 0.29) is 47.6 Å². The molecule has 10 heteroatoms. The molecule has 0 amide bonds. The molecule has 2 unspecified atom stereocenters. The molecule has 2 aromatic rings. The van der Waals surface area contributed by atoms with E-state index >= 15 is 0 Å². The first-order chi connectivity index (χ1) is 30.9. The van der Waals surface area contributed by atoms with Crippen molar-refractivity contribution >= 4 is 47.3 Å². The van der Waals surface area contributed by atoms with Crippen LogP contribution in [0.2, 0.25) is 0 Å². The molecule has 2 saturated heterocycles. The lowest BCUT2D eigenvalue weighted by atomic mass is 9.80.